The summed E-state index contributed by atoms with van der Waals surface area (Å²) in [6.07, 6.45) is -2.31. The summed E-state index contributed by atoms with van der Waals surface area (Å²) in [4.78, 5) is 21.5. The van der Waals surface area contributed by atoms with Crippen LogP contribution in [0.15, 0.2) is 0 Å². The lowest BCUT2D eigenvalue weighted by atomic mass is 10.2. The first kappa shape index (κ1) is 14.7. The van der Waals surface area contributed by atoms with E-state index in [2.05, 4.69) is 4.74 Å². The van der Waals surface area contributed by atoms with E-state index in [-0.39, 0.29) is 38.6 Å². The zero-order valence-corrected chi connectivity index (χ0v) is 10.4. The van der Waals surface area contributed by atoms with Crippen LogP contribution in [-0.2, 0) is 23.7 Å². The van der Waals surface area contributed by atoms with Crippen LogP contribution in [-0.4, -0.2) is 44.4 Å². The summed E-state index contributed by atoms with van der Waals surface area (Å²) in [5.74, 6) is -1.35. The lowest BCUT2D eigenvalue weighted by Crippen LogP contribution is -2.38. The van der Waals surface area contributed by atoms with Crippen LogP contribution in [0.25, 0.3) is 0 Å². The molecule has 0 aromatic rings. The van der Waals surface area contributed by atoms with Gasteiger partial charge < -0.3 is 18.9 Å². The Hall–Kier alpha value is -1.37. The summed E-state index contributed by atoms with van der Waals surface area (Å²) in [6.45, 7) is 3.52. The first-order valence-corrected chi connectivity index (χ1v) is 5.66. The van der Waals surface area contributed by atoms with Gasteiger partial charge in [0.15, 0.2) is 6.61 Å². The average molecular weight is 264 g/mol. The monoisotopic (exact) mass is 264 g/mol. The predicted molar refractivity (Wildman–Crippen MR) is 57.5 cm³/mol. The van der Waals surface area contributed by atoms with Crippen molar-refractivity contribution in [2.45, 2.75) is 32.2 Å². The Balaban J connectivity index is 2.38. The molecule has 1 rings (SSSR count). The molecule has 0 aromatic heterocycles. The summed E-state index contributed by atoms with van der Waals surface area (Å²) in [5, 5.41) is 0. The molecule has 1 saturated heterocycles. The zero-order valence-electron chi connectivity index (χ0n) is 10.4. The van der Waals surface area contributed by atoms with Crippen LogP contribution in [0, 0.1) is 5.92 Å². The fourth-order valence-corrected chi connectivity index (χ4v) is 1.45. The van der Waals surface area contributed by atoms with Crippen molar-refractivity contribution < 1.29 is 32.9 Å². The van der Waals surface area contributed by atoms with Crippen LogP contribution in [0.3, 0.4) is 0 Å². The number of carbonyl (C=O) groups excluding carboxylic acids is 2. The maximum atomic E-state index is 13.0. The van der Waals surface area contributed by atoms with Crippen molar-refractivity contribution in [1.82, 2.24) is 0 Å². The smallest absolute Gasteiger partial charge is 0.434 e. The van der Waals surface area contributed by atoms with E-state index in [0.29, 0.717) is 0 Å². The van der Waals surface area contributed by atoms with Crippen molar-refractivity contribution in [2.75, 3.05) is 19.8 Å². The highest BCUT2D eigenvalue weighted by Crippen LogP contribution is 2.29. The molecule has 0 bridgehead atoms. The van der Waals surface area contributed by atoms with Crippen molar-refractivity contribution in [3.05, 3.63) is 0 Å². The maximum Gasteiger partial charge on any atom is 0.508 e. The number of hydrogen-bond donors (Lipinski definition) is 0. The quantitative estimate of drug-likeness (QED) is 0.533. The third-order valence-electron chi connectivity index (χ3n) is 2.27. The number of rotatable bonds is 6. The van der Waals surface area contributed by atoms with Crippen molar-refractivity contribution >= 4 is 12.6 Å². The molecule has 6 nitrogen and oxygen atoms in total. The molecule has 1 aliphatic rings. The fourth-order valence-electron chi connectivity index (χ4n) is 1.45. The Labute approximate surface area is 104 Å². The minimum atomic E-state index is -1.53. The Morgan fingerprint density at radius 3 is 2.78 bits per heavy atom. The number of halogens is 1. The van der Waals surface area contributed by atoms with E-state index < -0.39 is 18.1 Å². The van der Waals surface area contributed by atoms with E-state index in [1.54, 1.807) is 0 Å². The SMILES string of the molecule is CC(C)COC(=O)OCC1(OC=O)CC(F)CO1. The average Bonchev–Trinajstić information content (AvgIpc) is 2.66. The minimum absolute atomic E-state index is 0.140. The molecule has 0 spiro atoms. The Morgan fingerprint density at radius 2 is 2.28 bits per heavy atom. The van der Waals surface area contributed by atoms with Gasteiger partial charge in [-0.15, -0.1) is 0 Å². The molecule has 1 aliphatic heterocycles. The molecule has 0 aromatic carbocycles. The van der Waals surface area contributed by atoms with Gasteiger partial charge in [-0.1, -0.05) is 13.8 Å². The fraction of sp³-hybridized carbons (Fsp3) is 0.818. The van der Waals surface area contributed by atoms with E-state index in [9.17, 15) is 14.0 Å². The molecule has 0 aliphatic carbocycles. The Morgan fingerprint density at radius 1 is 1.56 bits per heavy atom. The second kappa shape index (κ2) is 6.53. The standard InChI is InChI=1S/C11H17FO6/c1-8(2)4-15-10(14)16-6-11(18-7-13)3-9(12)5-17-11/h7-9H,3-6H2,1-2H3. The topological polar surface area (TPSA) is 71.1 Å². The highest BCUT2D eigenvalue weighted by Gasteiger charge is 2.44. The second-order valence-electron chi connectivity index (χ2n) is 4.48. The summed E-state index contributed by atoms with van der Waals surface area (Å²) < 4.78 is 32.2. The molecule has 0 N–H and O–H groups in total. The van der Waals surface area contributed by atoms with Crippen molar-refractivity contribution in [2.24, 2.45) is 5.92 Å². The van der Waals surface area contributed by atoms with Gasteiger partial charge in [0.25, 0.3) is 12.3 Å². The van der Waals surface area contributed by atoms with Crippen molar-refractivity contribution in [3.8, 4) is 0 Å². The van der Waals surface area contributed by atoms with Crippen molar-refractivity contribution in [1.29, 1.82) is 0 Å². The first-order chi connectivity index (χ1) is 8.47. The van der Waals surface area contributed by atoms with Gasteiger partial charge in [0.2, 0.25) is 0 Å². The van der Waals surface area contributed by atoms with Gasteiger partial charge in [-0.2, -0.15) is 0 Å². The molecular weight excluding hydrogens is 247 g/mol. The first-order valence-electron chi connectivity index (χ1n) is 5.66. The molecule has 104 valence electrons. The summed E-state index contributed by atoms with van der Waals surface area (Å²) in [5.41, 5.74) is 0. The number of ether oxygens (including phenoxy) is 4. The van der Waals surface area contributed by atoms with E-state index in [1.165, 1.54) is 0 Å². The van der Waals surface area contributed by atoms with Crippen LogP contribution in [0.4, 0.5) is 9.18 Å². The molecule has 1 fully saturated rings. The van der Waals surface area contributed by atoms with Crippen LogP contribution in [0.5, 0.6) is 0 Å². The molecule has 18 heavy (non-hydrogen) atoms. The normalized spacial score (nSPS) is 27.0. The van der Waals surface area contributed by atoms with Crippen LogP contribution >= 0.6 is 0 Å². The Bertz CT molecular complexity index is 295. The number of alkyl halides is 1. The van der Waals surface area contributed by atoms with E-state index in [0.717, 1.165) is 0 Å². The molecule has 2 atom stereocenters. The number of hydrogen-bond acceptors (Lipinski definition) is 6. The highest BCUT2D eigenvalue weighted by molar-refractivity contribution is 5.59. The van der Waals surface area contributed by atoms with Gasteiger partial charge in [-0.3, -0.25) is 4.79 Å². The van der Waals surface area contributed by atoms with Gasteiger partial charge in [-0.05, 0) is 5.92 Å². The minimum Gasteiger partial charge on any atom is -0.434 e. The van der Waals surface area contributed by atoms with Crippen LogP contribution < -0.4 is 0 Å². The van der Waals surface area contributed by atoms with Gasteiger partial charge >= 0.3 is 6.16 Å². The molecule has 1 heterocycles. The maximum absolute atomic E-state index is 13.0. The van der Waals surface area contributed by atoms with E-state index in [4.69, 9.17) is 14.2 Å². The molecule has 2 unspecified atom stereocenters. The lowest BCUT2D eigenvalue weighted by molar-refractivity contribution is -0.217. The van der Waals surface area contributed by atoms with Crippen LogP contribution in [0.2, 0.25) is 0 Å². The van der Waals surface area contributed by atoms with Crippen molar-refractivity contribution in [3.63, 3.8) is 0 Å². The summed E-state index contributed by atoms with van der Waals surface area (Å²) >= 11 is 0. The van der Waals surface area contributed by atoms with E-state index >= 15 is 0 Å². The third-order valence-corrected chi connectivity index (χ3v) is 2.27. The molecule has 0 amide bonds. The number of carbonyl (C=O) groups is 2. The lowest BCUT2D eigenvalue weighted by Gasteiger charge is -2.24. The third kappa shape index (κ3) is 4.48. The van der Waals surface area contributed by atoms with E-state index in [1.807, 2.05) is 13.8 Å². The summed E-state index contributed by atoms with van der Waals surface area (Å²) in [7, 11) is 0. The molecule has 0 saturated carbocycles. The largest absolute Gasteiger partial charge is 0.508 e. The Kier molecular flexibility index (Phi) is 5.33. The van der Waals surface area contributed by atoms with Gasteiger partial charge in [0, 0.05) is 0 Å². The molecular formula is C11H17FO6. The van der Waals surface area contributed by atoms with Gasteiger partial charge in [0.05, 0.1) is 19.6 Å². The molecule has 7 heteroatoms. The van der Waals surface area contributed by atoms with Gasteiger partial charge in [0.1, 0.15) is 6.17 Å². The van der Waals surface area contributed by atoms with Crippen LogP contribution in [0.1, 0.15) is 20.3 Å². The predicted octanol–water partition coefficient (Wildman–Crippen LogP) is 1.42. The zero-order chi connectivity index (χ0) is 13.6. The second-order valence-corrected chi connectivity index (χ2v) is 4.48. The van der Waals surface area contributed by atoms with Gasteiger partial charge in [-0.25, -0.2) is 9.18 Å². The summed E-state index contributed by atoms with van der Waals surface area (Å²) in [6, 6.07) is 0. The molecule has 0 radical (unpaired) electrons. The highest BCUT2D eigenvalue weighted by atomic mass is 19.1.